The standard InChI is InChI=1S/C13H11BrN2O2/c1-2-11-9(13(17)18)7-15-12(16-11)8-5-3-4-6-10(8)14/h3-7H,2H2,1H3,(H,17,18). The first-order valence-electron chi connectivity index (χ1n) is 5.47. The predicted molar refractivity (Wildman–Crippen MR) is 71.5 cm³/mol. The molecule has 0 fully saturated rings. The molecule has 1 heterocycles. The Hall–Kier alpha value is -1.75. The number of hydrogen-bond donors (Lipinski definition) is 1. The molecule has 0 amide bonds. The predicted octanol–water partition coefficient (Wildman–Crippen LogP) is 3.17. The van der Waals surface area contributed by atoms with Crippen molar-refractivity contribution in [2.75, 3.05) is 0 Å². The Labute approximate surface area is 113 Å². The number of aromatic nitrogens is 2. The molecule has 0 atom stereocenters. The highest BCUT2D eigenvalue weighted by Gasteiger charge is 2.13. The van der Waals surface area contributed by atoms with Gasteiger partial charge in [0, 0.05) is 16.2 Å². The van der Waals surface area contributed by atoms with Crippen molar-refractivity contribution in [1.82, 2.24) is 9.97 Å². The topological polar surface area (TPSA) is 63.1 Å². The van der Waals surface area contributed by atoms with Crippen LogP contribution in [0.4, 0.5) is 0 Å². The number of carboxylic acids is 1. The summed E-state index contributed by atoms with van der Waals surface area (Å²) in [5.41, 5.74) is 1.56. The number of aryl methyl sites for hydroxylation is 1. The van der Waals surface area contributed by atoms with Crippen LogP contribution < -0.4 is 0 Å². The lowest BCUT2D eigenvalue weighted by Crippen LogP contribution is -2.06. The number of rotatable bonds is 3. The van der Waals surface area contributed by atoms with Gasteiger partial charge in [0.2, 0.25) is 0 Å². The third-order valence-electron chi connectivity index (χ3n) is 2.55. The Morgan fingerprint density at radius 1 is 1.39 bits per heavy atom. The van der Waals surface area contributed by atoms with Gasteiger partial charge in [0.15, 0.2) is 5.82 Å². The molecule has 1 N–H and O–H groups in total. The second kappa shape index (κ2) is 5.27. The Morgan fingerprint density at radius 3 is 2.72 bits per heavy atom. The first-order valence-corrected chi connectivity index (χ1v) is 6.27. The van der Waals surface area contributed by atoms with Gasteiger partial charge in [0.05, 0.1) is 11.3 Å². The molecule has 0 spiro atoms. The van der Waals surface area contributed by atoms with Gasteiger partial charge in [-0.15, -0.1) is 0 Å². The summed E-state index contributed by atoms with van der Waals surface area (Å²) in [7, 11) is 0. The van der Waals surface area contributed by atoms with Gasteiger partial charge < -0.3 is 5.11 Å². The van der Waals surface area contributed by atoms with Gasteiger partial charge in [-0.2, -0.15) is 0 Å². The molecule has 0 bridgehead atoms. The highest BCUT2D eigenvalue weighted by atomic mass is 79.9. The summed E-state index contributed by atoms with van der Waals surface area (Å²) in [5.74, 6) is -0.463. The van der Waals surface area contributed by atoms with Crippen molar-refractivity contribution in [2.45, 2.75) is 13.3 Å². The molecule has 0 saturated carbocycles. The summed E-state index contributed by atoms with van der Waals surface area (Å²) in [6, 6.07) is 7.58. The lowest BCUT2D eigenvalue weighted by molar-refractivity contribution is 0.0694. The van der Waals surface area contributed by atoms with Crippen molar-refractivity contribution in [3.63, 3.8) is 0 Å². The fraction of sp³-hybridized carbons (Fsp3) is 0.154. The Kier molecular flexibility index (Phi) is 3.72. The van der Waals surface area contributed by atoms with E-state index in [2.05, 4.69) is 25.9 Å². The summed E-state index contributed by atoms with van der Waals surface area (Å²) >= 11 is 3.43. The lowest BCUT2D eigenvalue weighted by Gasteiger charge is -2.06. The van der Waals surface area contributed by atoms with Crippen LogP contribution in [0.1, 0.15) is 23.0 Å². The van der Waals surface area contributed by atoms with Gasteiger partial charge in [-0.05, 0) is 12.5 Å². The zero-order valence-corrected chi connectivity index (χ0v) is 11.3. The normalized spacial score (nSPS) is 10.3. The molecule has 2 rings (SSSR count). The zero-order valence-electron chi connectivity index (χ0n) is 9.72. The van der Waals surface area contributed by atoms with Gasteiger partial charge in [-0.3, -0.25) is 0 Å². The number of benzene rings is 1. The molecular formula is C13H11BrN2O2. The van der Waals surface area contributed by atoms with Crippen molar-refractivity contribution in [3.05, 3.63) is 46.2 Å². The van der Waals surface area contributed by atoms with Gasteiger partial charge in [-0.1, -0.05) is 41.1 Å². The van der Waals surface area contributed by atoms with E-state index in [1.165, 1.54) is 6.20 Å². The van der Waals surface area contributed by atoms with Gasteiger partial charge in [0.1, 0.15) is 0 Å². The maximum absolute atomic E-state index is 11.0. The lowest BCUT2D eigenvalue weighted by atomic mass is 10.1. The maximum Gasteiger partial charge on any atom is 0.339 e. The molecule has 2 aromatic rings. The number of carbonyl (C=O) groups is 1. The van der Waals surface area contributed by atoms with Crippen LogP contribution in [-0.4, -0.2) is 21.0 Å². The van der Waals surface area contributed by atoms with Crippen molar-refractivity contribution in [2.24, 2.45) is 0 Å². The molecule has 0 saturated heterocycles. The maximum atomic E-state index is 11.0. The van der Waals surface area contributed by atoms with Gasteiger partial charge >= 0.3 is 5.97 Å². The summed E-state index contributed by atoms with van der Waals surface area (Å²) in [6.07, 6.45) is 1.92. The van der Waals surface area contributed by atoms with Crippen molar-refractivity contribution in [3.8, 4) is 11.4 Å². The molecule has 0 aliphatic carbocycles. The number of nitrogens with zero attached hydrogens (tertiary/aromatic N) is 2. The minimum absolute atomic E-state index is 0.160. The van der Waals surface area contributed by atoms with Crippen molar-refractivity contribution < 1.29 is 9.90 Å². The average Bonchev–Trinajstić information content (AvgIpc) is 2.38. The van der Waals surface area contributed by atoms with E-state index in [-0.39, 0.29) is 5.56 Å². The molecule has 4 nitrogen and oxygen atoms in total. The molecule has 0 unspecified atom stereocenters. The number of carboxylic acid groups (broad SMARTS) is 1. The second-order valence-electron chi connectivity index (χ2n) is 3.69. The van der Waals surface area contributed by atoms with Crippen LogP contribution in [0.5, 0.6) is 0 Å². The number of hydrogen-bond acceptors (Lipinski definition) is 3. The van der Waals surface area contributed by atoms with Crippen LogP contribution in [0.2, 0.25) is 0 Å². The van der Waals surface area contributed by atoms with Crippen LogP contribution >= 0.6 is 15.9 Å². The molecule has 92 valence electrons. The van der Waals surface area contributed by atoms with Crippen LogP contribution in [0.3, 0.4) is 0 Å². The van der Waals surface area contributed by atoms with E-state index in [4.69, 9.17) is 5.11 Å². The van der Waals surface area contributed by atoms with E-state index < -0.39 is 5.97 Å². The summed E-state index contributed by atoms with van der Waals surface area (Å²) in [5, 5.41) is 9.02. The highest BCUT2D eigenvalue weighted by Crippen LogP contribution is 2.25. The van der Waals surface area contributed by atoms with Gasteiger partial charge in [0.25, 0.3) is 0 Å². The smallest absolute Gasteiger partial charge is 0.339 e. The fourth-order valence-electron chi connectivity index (χ4n) is 1.64. The minimum Gasteiger partial charge on any atom is -0.478 e. The fourth-order valence-corrected chi connectivity index (χ4v) is 2.10. The molecule has 0 aliphatic heterocycles. The third kappa shape index (κ3) is 2.41. The summed E-state index contributed by atoms with van der Waals surface area (Å²) in [6.45, 7) is 1.87. The SMILES string of the molecule is CCc1nc(-c2ccccc2Br)ncc1C(=O)O. The Bertz CT molecular complexity index is 599. The minimum atomic E-state index is -0.995. The number of aromatic carboxylic acids is 1. The number of halogens is 1. The van der Waals surface area contributed by atoms with E-state index in [1.54, 1.807) is 0 Å². The first kappa shape index (κ1) is 12.7. The van der Waals surface area contributed by atoms with E-state index in [1.807, 2.05) is 31.2 Å². The molecule has 18 heavy (non-hydrogen) atoms. The van der Waals surface area contributed by atoms with Crippen molar-refractivity contribution in [1.29, 1.82) is 0 Å². The second-order valence-corrected chi connectivity index (χ2v) is 4.55. The van der Waals surface area contributed by atoms with Gasteiger partial charge in [-0.25, -0.2) is 14.8 Å². The third-order valence-corrected chi connectivity index (χ3v) is 3.24. The first-order chi connectivity index (χ1) is 8.63. The molecule has 0 radical (unpaired) electrons. The van der Waals surface area contributed by atoms with Crippen LogP contribution in [0.25, 0.3) is 11.4 Å². The molecule has 1 aromatic heterocycles. The molecule has 0 aliphatic rings. The van der Waals surface area contributed by atoms with E-state index in [0.29, 0.717) is 17.9 Å². The van der Waals surface area contributed by atoms with E-state index in [9.17, 15) is 4.79 Å². The summed E-state index contributed by atoms with van der Waals surface area (Å²) < 4.78 is 0.884. The quantitative estimate of drug-likeness (QED) is 0.946. The van der Waals surface area contributed by atoms with Crippen LogP contribution in [-0.2, 0) is 6.42 Å². The molecule has 1 aromatic carbocycles. The largest absolute Gasteiger partial charge is 0.478 e. The molecule has 5 heteroatoms. The Morgan fingerprint density at radius 2 is 2.11 bits per heavy atom. The highest BCUT2D eigenvalue weighted by molar-refractivity contribution is 9.10. The molecular weight excluding hydrogens is 296 g/mol. The van der Waals surface area contributed by atoms with Crippen LogP contribution in [0.15, 0.2) is 34.9 Å². The summed E-state index contributed by atoms with van der Waals surface area (Å²) in [4.78, 5) is 19.4. The van der Waals surface area contributed by atoms with E-state index in [0.717, 1.165) is 10.0 Å². The zero-order chi connectivity index (χ0) is 13.1. The van der Waals surface area contributed by atoms with E-state index >= 15 is 0 Å². The Balaban J connectivity index is 2.55. The van der Waals surface area contributed by atoms with Crippen molar-refractivity contribution >= 4 is 21.9 Å². The average molecular weight is 307 g/mol. The van der Waals surface area contributed by atoms with Crippen LogP contribution in [0, 0.1) is 0 Å². The monoisotopic (exact) mass is 306 g/mol.